The number of rotatable bonds is 4. The molecule has 0 bridgehead atoms. The van der Waals surface area contributed by atoms with Crippen LogP contribution in [0.4, 0.5) is 5.69 Å². The molecular weight excluding hydrogens is 423 g/mol. The summed E-state index contributed by atoms with van der Waals surface area (Å²) in [5.41, 5.74) is 1.49. The lowest BCUT2D eigenvalue weighted by Crippen LogP contribution is -2.42. The lowest BCUT2D eigenvalue weighted by Gasteiger charge is -2.47. The smallest absolute Gasteiger partial charge is 0.360 e. The number of non-ortho nitro benzene ring substituents is 1. The Hall–Kier alpha value is -2.48. The van der Waals surface area contributed by atoms with Gasteiger partial charge in [0.05, 0.1) is 42.1 Å². The van der Waals surface area contributed by atoms with Crippen LogP contribution >= 0.6 is 7.60 Å². The molecule has 1 atom stereocenters. The van der Waals surface area contributed by atoms with E-state index in [1.807, 2.05) is 0 Å². The van der Waals surface area contributed by atoms with E-state index < -0.39 is 24.4 Å². The minimum Gasteiger partial charge on any atom is -0.466 e. The number of allylic oxidation sites excluding steroid dienone is 3. The Bertz CT molecular complexity index is 1040. The van der Waals surface area contributed by atoms with Gasteiger partial charge in [-0.25, -0.2) is 4.79 Å². The maximum atomic E-state index is 13.9. The third-order valence-corrected chi connectivity index (χ3v) is 8.46. The Morgan fingerprint density at radius 3 is 2.48 bits per heavy atom. The standard InChI is InChI=1S/C21H25N2O7P/c1-13-17(20(24)28-3)18(15-6-4-7-16(10-15)23(25)26)19(14(2)22-13)31(27)29-11-21(12-30-31)8-5-9-21/h4,6-7,10,18,22H,5,8-9,11-12H2,1-3H3. The number of hydrogen-bond acceptors (Lipinski definition) is 8. The molecule has 1 aromatic rings. The normalized spacial score (nSPS) is 24.4. The fourth-order valence-electron chi connectivity index (χ4n) is 4.50. The molecule has 0 amide bonds. The average molecular weight is 448 g/mol. The summed E-state index contributed by atoms with van der Waals surface area (Å²) < 4.78 is 30.7. The van der Waals surface area contributed by atoms with Crippen LogP contribution in [0.5, 0.6) is 0 Å². The molecule has 4 rings (SSSR count). The summed E-state index contributed by atoms with van der Waals surface area (Å²) in [6.45, 7) is 4.08. The fourth-order valence-corrected chi connectivity index (χ4v) is 6.80. The Labute approximate surface area is 180 Å². The zero-order chi connectivity index (χ0) is 22.4. The van der Waals surface area contributed by atoms with Gasteiger partial charge in [0.25, 0.3) is 5.69 Å². The van der Waals surface area contributed by atoms with E-state index in [0.717, 1.165) is 19.3 Å². The number of esters is 1. The Morgan fingerprint density at radius 2 is 1.94 bits per heavy atom. The molecule has 1 saturated heterocycles. The first-order valence-electron chi connectivity index (χ1n) is 10.1. The van der Waals surface area contributed by atoms with Gasteiger partial charge in [0, 0.05) is 28.9 Å². The average Bonchev–Trinajstić information content (AvgIpc) is 2.72. The first-order valence-corrected chi connectivity index (χ1v) is 11.6. The summed E-state index contributed by atoms with van der Waals surface area (Å²) in [5, 5.41) is 14.7. The second-order valence-corrected chi connectivity index (χ2v) is 10.3. The predicted molar refractivity (Wildman–Crippen MR) is 112 cm³/mol. The van der Waals surface area contributed by atoms with Gasteiger partial charge in [-0.15, -0.1) is 0 Å². The van der Waals surface area contributed by atoms with Gasteiger partial charge in [-0.05, 0) is 32.3 Å². The number of nitro benzene ring substituents is 1. The molecule has 2 aliphatic heterocycles. The van der Waals surface area contributed by atoms with Crippen molar-refractivity contribution in [2.45, 2.75) is 39.0 Å². The van der Waals surface area contributed by atoms with Crippen LogP contribution in [0.1, 0.15) is 44.6 Å². The summed E-state index contributed by atoms with van der Waals surface area (Å²) >= 11 is 0. The zero-order valence-electron chi connectivity index (χ0n) is 17.7. The highest BCUT2D eigenvalue weighted by Gasteiger charge is 2.51. The molecule has 1 N–H and O–H groups in total. The van der Waals surface area contributed by atoms with Crippen LogP contribution in [-0.2, 0) is 23.1 Å². The van der Waals surface area contributed by atoms with Gasteiger partial charge in [-0.2, -0.15) is 0 Å². The van der Waals surface area contributed by atoms with Crippen molar-refractivity contribution in [2.75, 3.05) is 20.3 Å². The largest absolute Gasteiger partial charge is 0.466 e. The van der Waals surface area contributed by atoms with Crippen LogP contribution in [-0.4, -0.2) is 31.2 Å². The molecule has 1 saturated carbocycles. The molecular formula is C21H25N2O7P. The Morgan fingerprint density at radius 1 is 1.26 bits per heavy atom. The quantitative estimate of drug-likeness (QED) is 0.312. The second kappa shape index (κ2) is 7.89. The number of hydrogen-bond donors (Lipinski definition) is 1. The molecule has 0 aromatic heterocycles. The predicted octanol–water partition coefficient (Wildman–Crippen LogP) is 4.37. The molecule has 10 heteroatoms. The van der Waals surface area contributed by atoms with Gasteiger partial charge in [0.2, 0.25) is 0 Å². The van der Waals surface area contributed by atoms with Crippen molar-refractivity contribution in [3.8, 4) is 0 Å². The van der Waals surface area contributed by atoms with Gasteiger partial charge in [-0.3, -0.25) is 14.7 Å². The van der Waals surface area contributed by atoms with E-state index in [1.165, 1.54) is 25.3 Å². The van der Waals surface area contributed by atoms with Crippen molar-refractivity contribution in [1.29, 1.82) is 0 Å². The minimum absolute atomic E-state index is 0.0948. The minimum atomic E-state index is -3.77. The van der Waals surface area contributed by atoms with E-state index in [0.29, 0.717) is 30.2 Å². The Balaban J connectivity index is 1.83. The topological polar surface area (TPSA) is 117 Å². The van der Waals surface area contributed by atoms with Crippen molar-refractivity contribution in [3.63, 3.8) is 0 Å². The van der Waals surface area contributed by atoms with Crippen molar-refractivity contribution in [2.24, 2.45) is 5.41 Å². The van der Waals surface area contributed by atoms with Gasteiger partial charge in [0.15, 0.2) is 0 Å². The van der Waals surface area contributed by atoms with Crippen LogP contribution in [0.15, 0.2) is 46.5 Å². The highest BCUT2D eigenvalue weighted by atomic mass is 31.2. The van der Waals surface area contributed by atoms with Crippen molar-refractivity contribution in [1.82, 2.24) is 5.32 Å². The van der Waals surface area contributed by atoms with Crippen LogP contribution in [0.2, 0.25) is 0 Å². The van der Waals surface area contributed by atoms with E-state index in [-0.39, 0.29) is 22.0 Å². The van der Waals surface area contributed by atoms with Gasteiger partial charge >= 0.3 is 13.6 Å². The number of dihydropyridines is 1. The third-order valence-electron chi connectivity index (χ3n) is 6.34. The molecule has 1 unspecified atom stereocenters. The summed E-state index contributed by atoms with van der Waals surface area (Å²) in [6.07, 6.45) is 3.01. The van der Waals surface area contributed by atoms with Crippen LogP contribution in [0.3, 0.4) is 0 Å². The first kappa shape index (κ1) is 21.7. The molecule has 2 heterocycles. The number of nitrogens with one attached hydrogen (secondary N) is 1. The monoisotopic (exact) mass is 448 g/mol. The molecule has 9 nitrogen and oxygen atoms in total. The lowest BCUT2D eigenvalue weighted by molar-refractivity contribution is -0.384. The van der Waals surface area contributed by atoms with Gasteiger partial charge < -0.3 is 19.1 Å². The molecule has 2 fully saturated rings. The van der Waals surface area contributed by atoms with Gasteiger partial charge in [0.1, 0.15) is 0 Å². The number of nitrogens with zero attached hydrogens (tertiary/aromatic N) is 1. The van der Waals surface area contributed by atoms with E-state index in [4.69, 9.17) is 13.8 Å². The number of benzene rings is 1. The van der Waals surface area contributed by atoms with Crippen molar-refractivity contribution < 1.29 is 28.1 Å². The van der Waals surface area contributed by atoms with Crippen LogP contribution < -0.4 is 5.32 Å². The molecule has 3 aliphatic rings. The first-order chi connectivity index (χ1) is 14.7. The number of carbonyl (C=O) groups is 1. The van der Waals surface area contributed by atoms with E-state index in [1.54, 1.807) is 19.9 Å². The number of carbonyl (C=O) groups excluding carboxylic acids is 1. The number of methoxy groups -OCH3 is 1. The van der Waals surface area contributed by atoms with E-state index in [9.17, 15) is 19.5 Å². The molecule has 1 aromatic carbocycles. The van der Waals surface area contributed by atoms with E-state index >= 15 is 0 Å². The summed E-state index contributed by atoms with van der Waals surface area (Å²) in [4.78, 5) is 23.6. The zero-order valence-corrected chi connectivity index (χ0v) is 18.6. The summed E-state index contributed by atoms with van der Waals surface area (Å²) in [5.74, 6) is -1.49. The maximum Gasteiger partial charge on any atom is 0.360 e. The fraction of sp³-hybridized carbons (Fsp3) is 0.476. The van der Waals surface area contributed by atoms with Crippen molar-refractivity contribution in [3.05, 3.63) is 62.2 Å². The second-order valence-electron chi connectivity index (χ2n) is 8.35. The van der Waals surface area contributed by atoms with Crippen molar-refractivity contribution >= 4 is 19.3 Å². The number of nitro groups is 1. The summed E-state index contributed by atoms with van der Waals surface area (Å²) in [6, 6.07) is 5.94. The molecule has 1 spiro atoms. The third kappa shape index (κ3) is 3.71. The molecule has 31 heavy (non-hydrogen) atoms. The summed E-state index contributed by atoms with van der Waals surface area (Å²) in [7, 11) is -2.52. The van der Waals surface area contributed by atoms with E-state index in [2.05, 4.69) is 5.32 Å². The maximum absolute atomic E-state index is 13.9. The highest BCUT2D eigenvalue weighted by Crippen LogP contribution is 2.68. The SMILES string of the molecule is COC(=O)C1=C(C)NC(C)=C(P2(=O)OCC3(CCC3)CO2)C1c1cccc([N+](=O)[O-])c1. The lowest BCUT2D eigenvalue weighted by atomic mass is 9.70. The number of ether oxygens (including phenoxy) is 1. The van der Waals surface area contributed by atoms with Gasteiger partial charge in [-0.1, -0.05) is 18.6 Å². The van der Waals surface area contributed by atoms with Crippen LogP contribution in [0, 0.1) is 15.5 Å². The van der Waals surface area contributed by atoms with Crippen LogP contribution in [0.25, 0.3) is 0 Å². The highest BCUT2D eigenvalue weighted by molar-refractivity contribution is 7.58. The molecule has 166 valence electrons. The Kier molecular flexibility index (Phi) is 5.54. The molecule has 0 radical (unpaired) electrons. The molecule has 1 aliphatic carbocycles.